The van der Waals surface area contributed by atoms with Gasteiger partial charge >= 0.3 is 5.97 Å². The minimum Gasteiger partial charge on any atom is -0.481 e. The van der Waals surface area contributed by atoms with Gasteiger partial charge in [0, 0.05) is 6.42 Å². The Labute approximate surface area is 123 Å². The Balaban J connectivity index is 2.15. The Morgan fingerprint density at radius 2 is 2.20 bits per heavy atom. The van der Waals surface area contributed by atoms with E-state index in [1.54, 1.807) is 12.1 Å². The SMILES string of the molecule is NC(CCC(=O)O)C(=O)Nc1c(Cl)ccc2nsnc12. The Hall–Kier alpha value is -1.77. The topological polar surface area (TPSA) is 118 Å². The number of benzene rings is 1. The number of anilines is 1. The van der Waals surface area contributed by atoms with E-state index in [9.17, 15) is 9.59 Å². The van der Waals surface area contributed by atoms with Crippen LogP contribution in [0.2, 0.25) is 5.02 Å². The molecule has 0 aliphatic rings. The van der Waals surface area contributed by atoms with Crippen LogP contribution in [0.15, 0.2) is 12.1 Å². The molecule has 1 aromatic carbocycles. The zero-order valence-electron chi connectivity index (χ0n) is 10.2. The number of rotatable bonds is 5. The molecule has 0 fully saturated rings. The van der Waals surface area contributed by atoms with Crippen LogP contribution in [-0.2, 0) is 9.59 Å². The molecular formula is C11H11ClN4O3S. The van der Waals surface area contributed by atoms with Crippen molar-refractivity contribution in [2.45, 2.75) is 18.9 Å². The number of hydrogen-bond donors (Lipinski definition) is 3. The van der Waals surface area contributed by atoms with Crippen molar-refractivity contribution < 1.29 is 14.7 Å². The molecule has 106 valence electrons. The molecule has 1 amide bonds. The number of fused-ring (bicyclic) bond motifs is 1. The molecule has 1 heterocycles. The highest BCUT2D eigenvalue weighted by molar-refractivity contribution is 7.00. The van der Waals surface area contributed by atoms with E-state index < -0.39 is 17.9 Å². The van der Waals surface area contributed by atoms with Gasteiger partial charge in [0.15, 0.2) is 0 Å². The number of aliphatic carboxylic acids is 1. The lowest BCUT2D eigenvalue weighted by molar-refractivity contribution is -0.137. The maximum Gasteiger partial charge on any atom is 0.303 e. The van der Waals surface area contributed by atoms with Crippen LogP contribution >= 0.6 is 23.3 Å². The van der Waals surface area contributed by atoms with Crippen LogP contribution in [0.25, 0.3) is 11.0 Å². The molecule has 0 radical (unpaired) electrons. The number of amides is 1. The van der Waals surface area contributed by atoms with Crippen LogP contribution < -0.4 is 11.1 Å². The van der Waals surface area contributed by atoms with E-state index in [2.05, 4.69) is 14.1 Å². The highest BCUT2D eigenvalue weighted by Crippen LogP contribution is 2.29. The summed E-state index contributed by atoms with van der Waals surface area (Å²) in [7, 11) is 0. The van der Waals surface area contributed by atoms with Crippen LogP contribution in [-0.4, -0.2) is 31.8 Å². The van der Waals surface area contributed by atoms with Gasteiger partial charge in [-0.25, -0.2) is 0 Å². The molecule has 0 saturated heterocycles. The minimum absolute atomic E-state index is 0.0457. The summed E-state index contributed by atoms with van der Waals surface area (Å²) >= 11 is 7.03. The summed E-state index contributed by atoms with van der Waals surface area (Å²) in [5.74, 6) is -1.51. The van der Waals surface area contributed by atoms with E-state index in [1.807, 2.05) is 0 Å². The number of carbonyl (C=O) groups excluding carboxylic acids is 1. The van der Waals surface area contributed by atoms with Gasteiger partial charge in [0.2, 0.25) is 5.91 Å². The Kier molecular flexibility index (Phi) is 4.48. The van der Waals surface area contributed by atoms with Gasteiger partial charge in [-0.15, -0.1) is 0 Å². The molecule has 2 rings (SSSR count). The average molecular weight is 315 g/mol. The number of carbonyl (C=O) groups is 2. The molecule has 9 heteroatoms. The number of carboxylic acids is 1. The molecule has 4 N–H and O–H groups in total. The van der Waals surface area contributed by atoms with E-state index >= 15 is 0 Å². The standard InChI is InChI=1S/C11H11ClN4O3S/c12-5-1-3-7-10(16-20-15-7)9(5)14-11(19)6(13)2-4-8(17)18/h1,3,6H,2,4,13H2,(H,14,19)(H,17,18). The molecular weight excluding hydrogens is 304 g/mol. The van der Waals surface area contributed by atoms with Gasteiger partial charge in [-0.1, -0.05) is 11.6 Å². The van der Waals surface area contributed by atoms with Crippen LogP contribution in [0.5, 0.6) is 0 Å². The van der Waals surface area contributed by atoms with Crippen LogP contribution in [0.3, 0.4) is 0 Å². The number of nitrogens with one attached hydrogen (secondary N) is 1. The molecule has 2 aromatic rings. The lowest BCUT2D eigenvalue weighted by Crippen LogP contribution is -2.36. The third-order valence-electron chi connectivity index (χ3n) is 2.63. The average Bonchev–Trinajstić information content (AvgIpc) is 2.87. The van der Waals surface area contributed by atoms with Crippen molar-refractivity contribution in [2.75, 3.05) is 5.32 Å². The van der Waals surface area contributed by atoms with Gasteiger partial charge < -0.3 is 16.2 Å². The third-order valence-corrected chi connectivity index (χ3v) is 3.49. The first-order chi connectivity index (χ1) is 9.49. The fraction of sp³-hybridized carbons (Fsp3) is 0.273. The van der Waals surface area contributed by atoms with E-state index in [1.165, 1.54) is 0 Å². The Bertz CT molecular complexity index is 660. The van der Waals surface area contributed by atoms with Crippen LogP contribution in [0, 0.1) is 0 Å². The molecule has 0 aliphatic heterocycles. The smallest absolute Gasteiger partial charge is 0.303 e. The zero-order valence-corrected chi connectivity index (χ0v) is 11.7. The van der Waals surface area contributed by atoms with Crippen LogP contribution in [0.4, 0.5) is 5.69 Å². The summed E-state index contributed by atoms with van der Waals surface area (Å²) in [5, 5.41) is 11.5. The van der Waals surface area contributed by atoms with Crippen molar-refractivity contribution in [3.8, 4) is 0 Å². The van der Waals surface area contributed by atoms with E-state index in [0.717, 1.165) is 11.7 Å². The molecule has 0 aliphatic carbocycles. The first-order valence-corrected chi connectivity index (χ1v) is 6.79. The highest BCUT2D eigenvalue weighted by atomic mass is 35.5. The molecule has 1 aromatic heterocycles. The van der Waals surface area contributed by atoms with E-state index in [-0.39, 0.29) is 12.8 Å². The van der Waals surface area contributed by atoms with E-state index in [0.29, 0.717) is 21.7 Å². The fourth-order valence-electron chi connectivity index (χ4n) is 1.57. The minimum atomic E-state index is -1.00. The summed E-state index contributed by atoms with van der Waals surface area (Å²) in [5.41, 5.74) is 7.08. The third kappa shape index (κ3) is 3.21. The first-order valence-electron chi connectivity index (χ1n) is 5.68. The molecule has 7 nitrogen and oxygen atoms in total. The predicted octanol–water partition coefficient (Wildman–Crippen LogP) is 1.48. The number of carboxylic acid groups (broad SMARTS) is 1. The lowest BCUT2D eigenvalue weighted by atomic mass is 10.1. The predicted molar refractivity (Wildman–Crippen MR) is 75.9 cm³/mol. The molecule has 1 atom stereocenters. The van der Waals surface area contributed by atoms with Crippen molar-refractivity contribution in [1.29, 1.82) is 0 Å². The van der Waals surface area contributed by atoms with Crippen molar-refractivity contribution in [3.63, 3.8) is 0 Å². The molecule has 0 bridgehead atoms. The van der Waals surface area contributed by atoms with Crippen molar-refractivity contribution in [1.82, 2.24) is 8.75 Å². The van der Waals surface area contributed by atoms with E-state index in [4.69, 9.17) is 22.4 Å². The second kappa shape index (κ2) is 6.12. The van der Waals surface area contributed by atoms with Gasteiger partial charge in [-0.3, -0.25) is 9.59 Å². The van der Waals surface area contributed by atoms with Gasteiger partial charge in [-0.2, -0.15) is 8.75 Å². The summed E-state index contributed by atoms with van der Waals surface area (Å²) in [6.07, 6.45) is -0.130. The molecule has 0 spiro atoms. The largest absolute Gasteiger partial charge is 0.481 e. The number of nitrogens with two attached hydrogens (primary N) is 1. The summed E-state index contributed by atoms with van der Waals surface area (Å²) in [6.45, 7) is 0. The van der Waals surface area contributed by atoms with Gasteiger partial charge in [-0.05, 0) is 18.6 Å². The number of aromatic nitrogens is 2. The summed E-state index contributed by atoms with van der Waals surface area (Å²) in [4.78, 5) is 22.4. The summed E-state index contributed by atoms with van der Waals surface area (Å²) in [6, 6.07) is 2.37. The maximum atomic E-state index is 11.9. The van der Waals surface area contributed by atoms with Crippen LogP contribution in [0.1, 0.15) is 12.8 Å². The number of nitrogens with zero attached hydrogens (tertiary/aromatic N) is 2. The van der Waals surface area contributed by atoms with Crippen molar-refractivity contribution in [2.24, 2.45) is 5.73 Å². The quantitative estimate of drug-likeness (QED) is 0.769. The number of halogens is 1. The van der Waals surface area contributed by atoms with Crippen molar-refractivity contribution in [3.05, 3.63) is 17.2 Å². The Morgan fingerprint density at radius 1 is 1.45 bits per heavy atom. The first kappa shape index (κ1) is 14.6. The number of hydrogen-bond acceptors (Lipinski definition) is 6. The van der Waals surface area contributed by atoms with Crippen molar-refractivity contribution >= 4 is 51.9 Å². The summed E-state index contributed by atoms with van der Waals surface area (Å²) < 4.78 is 8.11. The lowest BCUT2D eigenvalue weighted by Gasteiger charge is -2.12. The zero-order chi connectivity index (χ0) is 14.7. The monoisotopic (exact) mass is 314 g/mol. The molecule has 20 heavy (non-hydrogen) atoms. The Morgan fingerprint density at radius 3 is 2.90 bits per heavy atom. The second-order valence-corrected chi connectivity index (χ2v) is 5.02. The highest BCUT2D eigenvalue weighted by Gasteiger charge is 2.18. The normalized spacial score (nSPS) is 12.3. The molecule has 0 saturated carbocycles. The molecule has 1 unspecified atom stereocenters. The van der Waals surface area contributed by atoms with Gasteiger partial charge in [0.1, 0.15) is 11.0 Å². The maximum absolute atomic E-state index is 11.9. The van der Waals surface area contributed by atoms with Gasteiger partial charge in [0.05, 0.1) is 28.5 Å². The fourth-order valence-corrected chi connectivity index (χ4v) is 2.31. The second-order valence-electron chi connectivity index (χ2n) is 4.08. The van der Waals surface area contributed by atoms with Gasteiger partial charge in [0.25, 0.3) is 0 Å².